The van der Waals surface area contributed by atoms with E-state index in [2.05, 4.69) is 15.9 Å². The number of benzene rings is 3. The Hall–Kier alpha value is -3.09. The summed E-state index contributed by atoms with van der Waals surface area (Å²) in [5.41, 5.74) is 4.21. The van der Waals surface area contributed by atoms with E-state index < -0.39 is 0 Å². The average molecular weight is 479 g/mol. The Morgan fingerprint density at radius 2 is 1.97 bits per heavy atom. The Morgan fingerprint density at radius 1 is 1.13 bits per heavy atom. The van der Waals surface area contributed by atoms with E-state index in [9.17, 15) is 4.79 Å². The lowest BCUT2D eigenvalue weighted by Gasteiger charge is -2.21. The molecule has 0 spiro atoms. The Bertz CT molecular complexity index is 1200. The number of hydrogen-bond acceptors (Lipinski definition) is 5. The largest absolute Gasteiger partial charge is 0.489 e. The van der Waals surface area contributed by atoms with Crippen LogP contribution in [-0.2, 0) is 18.0 Å². The summed E-state index contributed by atoms with van der Waals surface area (Å²) >= 11 is 3.53. The van der Waals surface area contributed by atoms with Crippen LogP contribution < -0.4 is 14.2 Å². The maximum atomic E-state index is 12.8. The third kappa shape index (κ3) is 3.96. The lowest BCUT2D eigenvalue weighted by atomic mass is 10.0. The van der Waals surface area contributed by atoms with Gasteiger partial charge in [0.1, 0.15) is 23.9 Å². The number of Topliss-reactive ketones (excluding diaryl/α,β-unsaturated/α-hetero) is 1. The third-order valence-electron chi connectivity index (χ3n) is 5.19. The van der Waals surface area contributed by atoms with E-state index in [1.54, 1.807) is 12.1 Å². The van der Waals surface area contributed by atoms with Crippen LogP contribution in [0.15, 0.2) is 64.8 Å². The third-order valence-corrected chi connectivity index (χ3v) is 5.64. The number of ketones is 1. The molecule has 3 aromatic rings. The number of hydrogen-bond donors (Lipinski definition) is 0. The Balaban J connectivity index is 1.39. The van der Waals surface area contributed by atoms with Crippen molar-refractivity contribution in [1.29, 1.82) is 0 Å². The van der Waals surface area contributed by atoms with Gasteiger partial charge in [-0.15, -0.1) is 0 Å². The van der Waals surface area contributed by atoms with Crippen molar-refractivity contribution in [2.75, 3.05) is 6.79 Å². The Kier molecular flexibility index (Phi) is 5.26. The molecule has 2 aliphatic rings. The molecule has 5 rings (SSSR count). The molecule has 0 unspecified atom stereocenters. The van der Waals surface area contributed by atoms with Crippen molar-refractivity contribution in [3.05, 3.63) is 92.6 Å². The number of allylic oxidation sites excluding steroid dienone is 1. The highest BCUT2D eigenvalue weighted by Gasteiger charge is 2.30. The molecule has 3 aromatic carbocycles. The molecule has 0 atom stereocenters. The summed E-state index contributed by atoms with van der Waals surface area (Å²) in [6, 6.07) is 17.2. The van der Waals surface area contributed by atoms with Crippen LogP contribution in [-0.4, -0.2) is 12.6 Å². The zero-order valence-corrected chi connectivity index (χ0v) is 18.4. The smallest absolute Gasteiger partial charge is 0.232 e. The molecule has 0 fully saturated rings. The van der Waals surface area contributed by atoms with E-state index in [0.717, 1.165) is 32.5 Å². The van der Waals surface area contributed by atoms with Gasteiger partial charge in [-0.3, -0.25) is 4.79 Å². The number of halogens is 1. The van der Waals surface area contributed by atoms with Gasteiger partial charge in [0.05, 0.1) is 12.2 Å². The summed E-state index contributed by atoms with van der Waals surface area (Å²) in [6.45, 7) is 2.94. The highest BCUT2D eigenvalue weighted by Crippen LogP contribution is 2.38. The average Bonchev–Trinajstić information content (AvgIpc) is 3.08. The first kappa shape index (κ1) is 19.8. The van der Waals surface area contributed by atoms with Crippen molar-refractivity contribution in [3.8, 4) is 17.2 Å². The lowest BCUT2D eigenvalue weighted by Crippen LogP contribution is -2.14. The first-order chi connectivity index (χ1) is 15.1. The number of ether oxygens (including phenoxy) is 4. The molecule has 0 bridgehead atoms. The van der Waals surface area contributed by atoms with Gasteiger partial charge in [0.15, 0.2) is 12.6 Å². The fourth-order valence-electron chi connectivity index (χ4n) is 3.79. The molecular weight excluding hydrogens is 460 g/mol. The van der Waals surface area contributed by atoms with Crippen LogP contribution >= 0.6 is 15.9 Å². The minimum atomic E-state index is -0.114. The standard InChI is InChI=1S/C25H19BrO5/c1-15-7-20(29-13-18-10-19(26)9-17-12-28-14-30-25(17)18)11-21-23(15)24(27)22(31-21)8-16-5-3-2-4-6-16/h2-11H,12-14H2,1H3/b22-8-. The van der Waals surface area contributed by atoms with E-state index in [1.165, 1.54) is 0 Å². The molecular formula is C25H19BrO5. The second-order valence-electron chi connectivity index (χ2n) is 7.42. The summed E-state index contributed by atoms with van der Waals surface area (Å²) in [5, 5.41) is 0. The van der Waals surface area contributed by atoms with Crippen LogP contribution in [0.3, 0.4) is 0 Å². The molecule has 0 N–H and O–H groups in total. The van der Waals surface area contributed by atoms with E-state index in [4.69, 9.17) is 18.9 Å². The van der Waals surface area contributed by atoms with E-state index in [1.807, 2.05) is 55.5 Å². The second-order valence-corrected chi connectivity index (χ2v) is 8.33. The quantitative estimate of drug-likeness (QED) is 0.442. The number of aryl methyl sites for hydroxylation is 1. The van der Waals surface area contributed by atoms with E-state index in [0.29, 0.717) is 36.0 Å². The number of rotatable bonds is 4. The van der Waals surface area contributed by atoms with Crippen LogP contribution in [0, 0.1) is 6.92 Å². The van der Waals surface area contributed by atoms with Gasteiger partial charge < -0.3 is 18.9 Å². The van der Waals surface area contributed by atoms with Crippen molar-refractivity contribution in [2.24, 2.45) is 0 Å². The summed E-state index contributed by atoms with van der Waals surface area (Å²) in [5.74, 6) is 2.15. The normalized spacial score (nSPS) is 15.8. The summed E-state index contributed by atoms with van der Waals surface area (Å²) in [4.78, 5) is 12.8. The number of fused-ring (bicyclic) bond motifs is 2. The van der Waals surface area contributed by atoms with Crippen molar-refractivity contribution in [1.82, 2.24) is 0 Å². The molecule has 5 nitrogen and oxygen atoms in total. The molecule has 0 radical (unpaired) electrons. The maximum absolute atomic E-state index is 12.8. The number of carbonyl (C=O) groups excluding carboxylic acids is 1. The van der Waals surface area contributed by atoms with Gasteiger partial charge in [0.2, 0.25) is 5.78 Å². The van der Waals surface area contributed by atoms with Crippen LogP contribution in [0.5, 0.6) is 17.2 Å². The van der Waals surface area contributed by atoms with Crippen LogP contribution in [0.1, 0.15) is 32.6 Å². The van der Waals surface area contributed by atoms with E-state index in [-0.39, 0.29) is 12.6 Å². The van der Waals surface area contributed by atoms with Crippen LogP contribution in [0.4, 0.5) is 0 Å². The fourth-order valence-corrected chi connectivity index (χ4v) is 4.34. The first-order valence-corrected chi connectivity index (χ1v) is 10.7. The van der Waals surface area contributed by atoms with Crippen molar-refractivity contribution in [3.63, 3.8) is 0 Å². The van der Waals surface area contributed by atoms with Crippen molar-refractivity contribution >= 4 is 27.8 Å². The first-order valence-electron chi connectivity index (χ1n) is 9.87. The van der Waals surface area contributed by atoms with Gasteiger partial charge in [-0.05, 0) is 42.3 Å². The minimum Gasteiger partial charge on any atom is -0.489 e. The molecule has 31 heavy (non-hydrogen) atoms. The molecule has 0 aliphatic carbocycles. The van der Waals surface area contributed by atoms with Crippen LogP contribution in [0.2, 0.25) is 0 Å². The SMILES string of the molecule is Cc1cc(OCc2cc(Br)cc3c2OCOC3)cc2c1C(=O)/C(=C/c1ccccc1)O2. The van der Waals surface area contributed by atoms with Gasteiger partial charge in [0, 0.05) is 21.7 Å². The topological polar surface area (TPSA) is 54.0 Å². The predicted molar refractivity (Wildman–Crippen MR) is 119 cm³/mol. The zero-order valence-electron chi connectivity index (χ0n) is 16.8. The van der Waals surface area contributed by atoms with Crippen molar-refractivity contribution < 1.29 is 23.7 Å². The Morgan fingerprint density at radius 3 is 2.81 bits per heavy atom. The lowest BCUT2D eigenvalue weighted by molar-refractivity contribution is -0.0176. The fraction of sp³-hybridized carbons (Fsp3) is 0.160. The number of carbonyl (C=O) groups is 1. The molecule has 0 saturated carbocycles. The van der Waals surface area contributed by atoms with Gasteiger partial charge in [-0.25, -0.2) is 0 Å². The van der Waals surface area contributed by atoms with E-state index >= 15 is 0 Å². The molecule has 0 saturated heterocycles. The molecule has 0 aromatic heterocycles. The van der Waals surface area contributed by atoms with Gasteiger partial charge >= 0.3 is 0 Å². The molecule has 2 aliphatic heterocycles. The zero-order chi connectivity index (χ0) is 21.4. The monoisotopic (exact) mass is 478 g/mol. The molecule has 156 valence electrons. The molecule has 2 heterocycles. The molecule has 0 amide bonds. The van der Waals surface area contributed by atoms with Crippen LogP contribution in [0.25, 0.3) is 6.08 Å². The Labute approximate surface area is 188 Å². The maximum Gasteiger partial charge on any atom is 0.232 e. The van der Waals surface area contributed by atoms with Crippen molar-refractivity contribution in [2.45, 2.75) is 20.1 Å². The minimum absolute atomic E-state index is 0.114. The highest BCUT2D eigenvalue weighted by molar-refractivity contribution is 9.10. The summed E-state index contributed by atoms with van der Waals surface area (Å²) in [6.07, 6.45) is 1.76. The van der Waals surface area contributed by atoms with Gasteiger partial charge in [-0.2, -0.15) is 0 Å². The summed E-state index contributed by atoms with van der Waals surface area (Å²) in [7, 11) is 0. The predicted octanol–water partition coefficient (Wildman–Crippen LogP) is 5.82. The molecule has 6 heteroatoms. The van der Waals surface area contributed by atoms with Gasteiger partial charge in [0.25, 0.3) is 0 Å². The highest BCUT2D eigenvalue weighted by atomic mass is 79.9. The summed E-state index contributed by atoms with van der Waals surface area (Å²) < 4.78 is 23.9. The van der Waals surface area contributed by atoms with Gasteiger partial charge in [-0.1, -0.05) is 46.3 Å². The second kappa shape index (κ2) is 8.21.